The lowest BCUT2D eigenvalue weighted by Crippen LogP contribution is -2.15. The molecule has 4 rings (SSSR count). The van der Waals surface area contributed by atoms with Crippen LogP contribution in [-0.2, 0) is 14.8 Å². The van der Waals surface area contributed by atoms with E-state index in [4.69, 9.17) is 16.3 Å². The van der Waals surface area contributed by atoms with E-state index in [-0.39, 0.29) is 28.5 Å². The van der Waals surface area contributed by atoms with Crippen molar-refractivity contribution in [1.82, 2.24) is 0 Å². The van der Waals surface area contributed by atoms with Crippen LogP contribution in [0, 0.1) is 11.3 Å². The van der Waals surface area contributed by atoms with Crippen LogP contribution in [-0.4, -0.2) is 20.2 Å². The summed E-state index contributed by atoms with van der Waals surface area (Å²) in [5.74, 6) is -0.0891. The first-order chi connectivity index (χ1) is 14.7. The molecule has 1 aliphatic carbocycles. The molecular weight excluding hydrogens is 412 g/mol. The predicted molar refractivity (Wildman–Crippen MR) is 120 cm³/mol. The largest absolute Gasteiger partial charge is 0.384 e. The SMILES string of the molecule is N=C(N)c1cccc([C@H]2C[C@H]2C(=O)Nc2ccc(-c3ccccc3S(N)(=O)=O)cc2)c1. The lowest BCUT2D eigenvalue weighted by molar-refractivity contribution is -0.117. The van der Waals surface area contributed by atoms with Crippen molar-refractivity contribution in [3.8, 4) is 11.1 Å². The van der Waals surface area contributed by atoms with Gasteiger partial charge in [0.25, 0.3) is 0 Å². The first kappa shape index (κ1) is 20.8. The summed E-state index contributed by atoms with van der Waals surface area (Å²) in [5, 5.41) is 15.8. The number of rotatable bonds is 6. The molecule has 0 heterocycles. The number of benzene rings is 3. The van der Waals surface area contributed by atoms with Crippen molar-refractivity contribution in [3.63, 3.8) is 0 Å². The number of sulfonamides is 1. The highest BCUT2D eigenvalue weighted by molar-refractivity contribution is 7.89. The number of carbonyl (C=O) groups excluding carboxylic acids is 1. The third kappa shape index (κ3) is 4.50. The summed E-state index contributed by atoms with van der Waals surface area (Å²) in [7, 11) is -3.85. The topological polar surface area (TPSA) is 139 Å². The smallest absolute Gasteiger partial charge is 0.238 e. The number of hydrogen-bond acceptors (Lipinski definition) is 4. The molecule has 3 aromatic carbocycles. The zero-order chi connectivity index (χ0) is 22.2. The Morgan fingerprint density at radius 1 is 1.00 bits per heavy atom. The molecule has 0 unspecified atom stereocenters. The molecule has 0 aromatic heterocycles. The Labute approximate surface area is 180 Å². The number of anilines is 1. The summed E-state index contributed by atoms with van der Waals surface area (Å²) in [4.78, 5) is 12.7. The Kier molecular flexibility index (Phi) is 5.34. The van der Waals surface area contributed by atoms with Gasteiger partial charge in [-0.2, -0.15) is 0 Å². The van der Waals surface area contributed by atoms with E-state index in [9.17, 15) is 13.2 Å². The maximum Gasteiger partial charge on any atom is 0.238 e. The molecule has 31 heavy (non-hydrogen) atoms. The molecule has 1 amide bonds. The molecule has 0 radical (unpaired) electrons. The Hall–Kier alpha value is -3.49. The van der Waals surface area contributed by atoms with Gasteiger partial charge in [0.2, 0.25) is 15.9 Å². The van der Waals surface area contributed by atoms with E-state index in [1.165, 1.54) is 6.07 Å². The fraction of sp³-hybridized carbons (Fsp3) is 0.130. The molecule has 0 saturated heterocycles. The molecule has 0 spiro atoms. The molecular formula is C23H22N4O3S. The van der Waals surface area contributed by atoms with Crippen molar-refractivity contribution in [2.45, 2.75) is 17.2 Å². The molecule has 1 aliphatic rings. The summed E-state index contributed by atoms with van der Waals surface area (Å²) in [6.45, 7) is 0. The van der Waals surface area contributed by atoms with Gasteiger partial charge in [0.1, 0.15) is 5.84 Å². The van der Waals surface area contributed by atoms with Gasteiger partial charge in [-0.25, -0.2) is 13.6 Å². The van der Waals surface area contributed by atoms with E-state index in [0.717, 1.165) is 12.0 Å². The number of nitrogens with one attached hydrogen (secondary N) is 2. The molecule has 8 heteroatoms. The first-order valence-electron chi connectivity index (χ1n) is 9.71. The van der Waals surface area contributed by atoms with Gasteiger partial charge >= 0.3 is 0 Å². The Bertz CT molecular complexity index is 1270. The van der Waals surface area contributed by atoms with Crippen LogP contribution in [0.15, 0.2) is 77.7 Å². The Morgan fingerprint density at radius 3 is 2.39 bits per heavy atom. The number of nitrogen functional groups attached to an aromatic ring is 1. The molecule has 1 saturated carbocycles. The van der Waals surface area contributed by atoms with Crippen LogP contribution < -0.4 is 16.2 Å². The highest BCUT2D eigenvalue weighted by Gasteiger charge is 2.44. The van der Waals surface area contributed by atoms with Gasteiger partial charge in [0.05, 0.1) is 4.90 Å². The Balaban J connectivity index is 1.46. The van der Waals surface area contributed by atoms with Gasteiger partial charge in [0, 0.05) is 22.7 Å². The zero-order valence-corrected chi connectivity index (χ0v) is 17.4. The maximum atomic E-state index is 12.6. The quantitative estimate of drug-likeness (QED) is 0.350. The standard InChI is InChI=1S/C23H22N4O3S/c24-22(25)16-5-3-4-15(12-16)19-13-20(19)23(28)27-17-10-8-14(9-11-17)18-6-1-2-7-21(18)31(26,29)30/h1-12,19-20H,13H2,(H3,24,25)(H,27,28)(H2,26,29,30)/t19-,20-/m1/s1. The summed E-state index contributed by atoms with van der Waals surface area (Å²) < 4.78 is 23.7. The summed E-state index contributed by atoms with van der Waals surface area (Å²) in [5.41, 5.74) is 9.03. The van der Waals surface area contributed by atoms with Gasteiger partial charge in [-0.3, -0.25) is 10.2 Å². The first-order valence-corrected chi connectivity index (χ1v) is 11.3. The van der Waals surface area contributed by atoms with Crippen molar-refractivity contribution in [1.29, 1.82) is 5.41 Å². The molecule has 2 atom stereocenters. The van der Waals surface area contributed by atoms with Crippen molar-refractivity contribution < 1.29 is 13.2 Å². The molecule has 0 bridgehead atoms. The lowest BCUT2D eigenvalue weighted by atomic mass is 10.0. The van der Waals surface area contributed by atoms with Crippen LogP contribution in [0.5, 0.6) is 0 Å². The van der Waals surface area contributed by atoms with Gasteiger partial charge in [0.15, 0.2) is 0 Å². The summed E-state index contributed by atoms with van der Waals surface area (Å²) in [6.07, 6.45) is 0.743. The Morgan fingerprint density at radius 2 is 1.71 bits per heavy atom. The minimum Gasteiger partial charge on any atom is -0.384 e. The van der Waals surface area contributed by atoms with Crippen molar-refractivity contribution in [3.05, 3.63) is 83.9 Å². The number of nitrogens with two attached hydrogens (primary N) is 2. The third-order valence-electron chi connectivity index (χ3n) is 5.41. The van der Waals surface area contributed by atoms with E-state index in [2.05, 4.69) is 5.32 Å². The number of amides is 1. The minimum absolute atomic E-state index is 0.00704. The molecule has 158 valence electrons. The number of carbonyl (C=O) groups is 1. The molecule has 7 nitrogen and oxygen atoms in total. The van der Waals surface area contributed by atoms with Crippen molar-refractivity contribution >= 4 is 27.5 Å². The second-order valence-corrected chi connectivity index (χ2v) is 9.13. The van der Waals surface area contributed by atoms with Gasteiger partial charge in [-0.15, -0.1) is 0 Å². The van der Waals surface area contributed by atoms with Crippen LogP contribution in [0.3, 0.4) is 0 Å². The van der Waals surface area contributed by atoms with Crippen LogP contribution in [0.4, 0.5) is 5.69 Å². The average Bonchev–Trinajstić information content (AvgIpc) is 3.55. The van der Waals surface area contributed by atoms with Gasteiger partial charge < -0.3 is 11.1 Å². The summed E-state index contributed by atoms with van der Waals surface area (Å²) in [6, 6.07) is 20.9. The number of amidine groups is 1. The monoisotopic (exact) mass is 434 g/mol. The minimum atomic E-state index is -3.85. The zero-order valence-electron chi connectivity index (χ0n) is 16.6. The normalized spacial score (nSPS) is 17.7. The fourth-order valence-electron chi connectivity index (χ4n) is 3.71. The van der Waals surface area contributed by atoms with Gasteiger partial charge in [-0.05, 0) is 47.7 Å². The predicted octanol–water partition coefficient (Wildman–Crippen LogP) is 3.03. The van der Waals surface area contributed by atoms with E-state index >= 15 is 0 Å². The molecule has 3 aromatic rings. The van der Waals surface area contributed by atoms with Crippen LogP contribution in [0.1, 0.15) is 23.5 Å². The maximum absolute atomic E-state index is 12.6. The van der Waals surface area contributed by atoms with Crippen LogP contribution in [0.2, 0.25) is 0 Å². The van der Waals surface area contributed by atoms with Crippen molar-refractivity contribution in [2.75, 3.05) is 5.32 Å². The van der Waals surface area contributed by atoms with E-state index < -0.39 is 10.0 Å². The number of primary sulfonamides is 1. The van der Waals surface area contributed by atoms with E-state index in [1.807, 2.05) is 18.2 Å². The molecule has 6 N–H and O–H groups in total. The second-order valence-electron chi connectivity index (χ2n) is 7.60. The van der Waals surface area contributed by atoms with Gasteiger partial charge in [-0.1, -0.05) is 48.5 Å². The lowest BCUT2D eigenvalue weighted by Gasteiger charge is -2.10. The van der Waals surface area contributed by atoms with Crippen molar-refractivity contribution in [2.24, 2.45) is 16.8 Å². The third-order valence-corrected chi connectivity index (χ3v) is 6.38. The van der Waals surface area contributed by atoms with E-state index in [1.54, 1.807) is 48.5 Å². The summed E-state index contributed by atoms with van der Waals surface area (Å²) >= 11 is 0. The average molecular weight is 435 g/mol. The van der Waals surface area contributed by atoms with Crippen LogP contribution >= 0.6 is 0 Å². The van der Waals surface area contributed by atoms with Crippen LogP contribution in [0.25, 0.3) is 11.1 Å². The second kappa shape index (κ2) is 7.98. The molecule has 1 fully saturated rings. The molecule has 0 aliphatic heterocycles. The van der Waals surface area contributed by atoms with E-state index in [0.29, 0.717) is 22.4 Å². The number of hydrogen-bond donors (Lipinski definition) is 4. The fourth-order valence-corrected chi connectivity index (χ4v) is 4.47. The highest BCUT2D eigenvalue weighted by atomic mass is 32.2. The highest BCUT2D eigenvalue weighted by Crippen LogP contribution is 2.48.